The first-order valence-corrected chi connectivity index (χ1v) is 9.79. The van der Waals surface area contributed by atoms with Gasteiger partial charge in [-0.3, -0.25) is 4.68 Å². The smallest absolute Gasteiger partial charge is 0.260 e. The van der Waals surface area contributed by atoms with Crippen molar-refractivity contribution in [1.29, 1.82) is 0 Å². The quantitative estimate of drug-likeness (QED) is 0.831. The van der Waals surface area contributed by atoms with Crippen molar-refractivity contribution in [2.24, 2.45) is 0 Å². The van der Waals surface area contributed by atoms with Gasteiger partial charge in [-0.1, -0.05) is 23.7 Å². The molecule has 2 heterocycles. The molecule has 0 bridgehead atoms. The topological polar surface area (TPSA) is 58.4 Å². The second-order valence-electron chi connectivity index (χ2n) is 5.78. The minimum Gasteiger partial charge on any atom is -0.367 e. The van der Waals surface area contributed by atoms with Crippen LogP contribution in [0.25, 0.3) is 0 Å². The van der Waals surface area contributed by atoms with E-state index in [1.807, 2.05) is 32.0 Å². The summed E-state index contributed by atoms with van der Waals surface area (Å²) in [6, 6.07) is 7.37. The molecule has 130 valence electrons. The molecule has 0 amide bonds. The summed E-state index contributed by atoms with van der Waals surface area (Å²) in [5.41, 5.74) is 2.10. The minimum atomic E-state index is -3.51. The SMILES string of the molecule is CCn1nccc1S(=O)(=O)N1CCN(c2c(C)cccc2Cl)CC1. The maximum atomic E-state index is 12.8. The van der Waals surface area contributed by atoms with Crippen molar-refractivity contribution in [3.8, 4) is 0 Å². The van der Waals surface area contributed by atoms with Crippen LogP contribution in [-0.2, 0) is 16.6 Å². The second-order valence-corrected chi connectivity index (χ2v) is 8.07. The molecule has 0 aliphatic carbocycles. The number of para-hydroxylation sites is 1. The lowest BCUT2D eigenvalue weighted by Gasteiger charge is -2.36. The Balaban J connectivity index is 1.78. The van der Waals surface area contributed by atoms with Gasteiger partial charge in [0, 0.05) is 32.7 Å². The molecule has 1 saturated heterocycles. The molecule has 1 aliphatic rings. The Morgan fingerprint density at radius 3 is 2.50 bits per heavy atom. The van der Waals surface area contributed by atoms with Crippen molar-refractivity contribution in [3.63, 3.8) is 0 Å². The number of rotatable bonds is 4. The Morgan fingerprint density at radius 2 is 1.88 bits per heavy atom. The van der Waals surface area contributed by atoms with Gasteiger partial charge in [-0.05, 0) is 31.5 Å². The molecule has 0 spiro atoms. The van der Waals surface area contributed by atoms with Crippen LogP contribution in [0.15, 0.2) is 35.5 Å². The average molecular weight is 369 g/mol. The van der Waals surface area contributed by atoms with Gasteiger partial charge in [-0.25, -0.2) is 8.42 Å². The van der Waals surface area contributed by atoms with Crippen LogP contribution in [0, 0.1) is 6.92 Å². The standard InChI is InChI=1S/C16H21ClN4O2S/c1-3-21-15(7-8-18-21)24(22,23)20-11-9-19(10-12-20)16-13(2)5-4-6-14(16)17/h4-8H,3,9-12H2,1-2H3. The molecule has 0 N–H and O–H groups in total. The number of hydrogen-bond acceptors (Lipinski definition) is 4. The lowest BCUT2D eigenvalue weighted by molar-refractivity contribution is 0.379. The van der Waals surface area contributed by atoms with E-state index in [-0.39, 0.29) is 5.03 Å². The van der Waals surface area contributed by atoms with E-state index < -0.39 is 10.0 Å². The lowest BCUT2D eigenvalue weighted by atomic mass is 10.1. The number of hydrogen-bond donors (Lipinski definition) is 0. The van der Waals surface area contributed by atoms with Crippen LogP contribution >= 0.6 is 11.6 Å². The van der Waals surface area contributed by atoms with Crippen molar-refractivity contribution in [2.75, 3.05) is 31.1 Å². The van der Waals surface area contributed by atoms with Gasteiger partial charge in [0.2, 0.25) is 0 Å². The number of sulfonamides is 1. The predicted molar refractivity (Wildman–Crippen MR) is 95.1 cm³/mol. The number of piperazine rings is 1. The highest BCUT2D eigenvalue weighted by molar-refractivity contribution is 7.89. The molecule has 0 saturated carbocycles. The van der Waals surface area contributed by atoms with Crippen LogP contribution in [0.2, 0.25) is 5.02 Å². The minimum absolute atomic E-state index is 0.257. The second kappa shape index (κ2) is 6.74. The van der Waals surface area contributed by atoms with Crippen molar-refractivity contribution in [1.82, 2.24) is 14.1 Å². The zero-order valence-corrected chi connectivity index (χ0v) is 15.4. The molecule has 8 heteroatoms. The highest BCUT2D eigenvalue weighted by Gasteiger charge is 2.31. The molecular formula is C16H21ClN4O2S. The molecule has 24 heavy (non-hydrogen) atoms. The van der Waals surface area contributed by atoms with Gasteiger partial charge in [0.25, 0.3) is 10.0 Å². The number of aromatic nitrogens is 2. The van der Waals surface area contributed by atoms with Crippen molar-refractivity contribution in [2.45, 2.75) is 25.4 Å². The van der Waals surface area contributed by atoms with Gasteiger partial charge < -0.3 is 4.90 Å². The Kier molecular flexibility index (Phi) is 4.85. The van der Waals surface area contributed by atoms with Gasteiger partial charge in [-0.2, -0.15) is 9.40 Å². The zero-order chi connectivity index (χ0) is 17.3. The molecule has 1 aromatic carbocycles. The molecule has 1 fully saturated rings. The van der Waals surface area contributed by atoms with Crippen LogP contribution < -0.4 is 4.90 Å². The summed E-state index contributed by atoms with van der Waals surface area (Å²) in [5, 5.41) is 5.03. The lowest BCUT2D eigenvalue weighted by Crippen LogP contribution is -2.49. The van der Waals surface area contributed by atoms with E-state index in [0.717, 1.165) is 11.3 Å². The van der Waals surface area contributed by atoms with Crippen molar-refractivity contribution < 1.29 is 8.42 Å². The van der Waals surface area contributed by atoms with E-state index in [1.54, 1.807) is 6.07 Å². The average Bonchev–Trinajstić information content (AvgIpc) is 3.05. The molecule has 0 atom stereocenters. The number of halogens is 1. The molecule has 1 aliphatic heterocycles. The Bertz CT molecular complexity index is 806. The van der Waals surface area contributed by atoms with Crippen LogP contribution in [0.3, 0.4) is 0 Å². The predicted octanol–water partition coefficient (Wildman–Crippen LogP) is 2.38. The number of aryl methyl sites for hydroxylation is 2. The van der Waals surface area contributed by atoms with Crippen LogP contribution in [0.1, 0.15) is 12.5 Å². The third kappa shape index (κ3) is 3.03. The van der Waals surface area contributed by atoms with E-state index in [1.165, 1.54) is 15.2 Å². The Labute approximate surface area is 147 Å². The molecule has 0 radical (unpaired) electrons. The fraction of sp³-hybridized carbons (Fsp3) is 0.438. The largest absolute Gasteiger partial charge is 0.367 e. The Hall–Kier alpha value is -1.57. The van der Waals surface area contributed by atoms with Gasteiger partial charge in [0.1, 0.15) is 0 Å². The molecule has 6 nitrogen and oxygen atoms in total. The third-order valence-corrected chi connectivity index (χ3v) is 6.55. The van der Waals surface area contributed by atoms with Gasteiger partial charge in [-0.15, -0.1) is 0 Å². The summed E-state index contributed by atoms with van der Waals surface area (Å²) in [5.74, 6) is 0. The number of benzene rings is 1. The third-order valence-electron chi connectivity index (χ3n) is 4.32. The molecule has 1 aromatic heterocycles. The van der Waals surface area contributed by atoms with Gasteiger partial charge >= 0.3 is 0 Å². The van der Waals surface area contributed by atoms with Crippen molar-refractivity contribution >= 4 is 27.3 Å². The first-order valence-electron chi connectivity index (χ1n) is 7.97. The summed E-state index contributed by atoms with van der Waals surface area (Å²) in [4.78, 5) is 2.15. The maximum absolute atomic E-state index is 12.8. The number of anilines is 1. The molecule has 2 aromatic rings. The van der Waals surface area contributed by atoms with E-state index in [2.05, 4.69) is 10.00 Å². The molecule has 0 unspecified atom stereocenters. The fourth-order valence-electron chi connectivity index (χ4n) is 3.09. The van der Waals surface area contributed by atoms with Gasteiger partial charge in [0.05, 0.1) is 16.9 Å². The summed E-state index contributed by atoms with van der Waals surface area (Å²) in [6.07, 6.45) is 1.53. The van der Waals surface area contributed by atoms with E-state index in [4.69, 9.17) is 11.6 Å². The van der Waals surface area contributed by atoms with Crippen LogP contribution in [0.5, 0.6) is 0 Å². The summed E-state index contributed by atoms with van der Waals surface area (Å²) < 4.78 is 28.7. The van der Waals surface area contributed by atoms with E-state index >= 15 is 0 Å². The first kappa shape index (κ1) is 17.3. The molecular weight excluding hydrogens is 348 g/mol. The van der Waals surface area contributed by atoms with Crippen molar-refractivity contribution in [3.05, 3.63) is 41.0 Å². The van der Waals surface area contributed by atoms with Gasteiger partial charge in [0.15, 0.2) is 5.03 Å². The highest BCUT2D eigenvalue weighted by atomic mass is 35.5. The summed E-state index contributed by atoms with van der Waals surface area (Å²) in [7, 11) is -3.51. The first-order chi connectivity index (χ1) is 11.4. The zero-order valence-electron chi connectivity index (χ0n) is 13.8. The Morgan fingerprint density at radius 1 is 1.17 bits per heavy atom. The summed E-state index contributed by atoms with van der Waals surface area (Å²) in [6.45, 7) is 6.52. The monoisotopic (exact) mass is 368 g/mol. The highest BCUT2D eigenvalue weighted by Crippen LogP contribution is 2.30. The maximum Gasteiger partial charge on any atom is 0.260 e. The van der Waals surface area contributed by atoms with Crippen LogP contribution in [-0.4, -0.2) is 48.7 Å². The van der Waals surface area contributed by atoms with E-state index in [0.29, 0.717) is 37.7 Å². The fourth-order valence-corrected chi connectivity index (χ4v) is 5.01. The summed E-state index contributed by atoms with van der Waals surface area (Å²) >= 11 is 6.32. The molecule has 3 rings (SSSR count). The normalized spacial score (nSPS) is 16.5. The number of nitrogens with zero attached hydrogens (tertiary/aromatic N) is 4. The van der Waals surface area contributed by atoms with Crippen LogP contribution in [0.4, 0.5) is 5.69 Å². The van der Waals surface area contributed by atoms with E-state index in [9.17, 15) is 8.42 Å².